The fraction of sp³-hybridized carbons (Fsp3) is 0.923. The first-order valence-corrected chi connectivity index (χ1v) is 9.02. The normalized spacial score (nSPS) is 28.0. The third kappa shape index (κ3) is 3.71. The molecule has 2 unspecified atom stereocenters. The number of hydrogen-bond donors (Lipinski definition) is 1. The fourth-order valence-electron chi connectivity index (χ4n) is 3.12. The number of carbonyl (C=O) groups is 1. The van der Waals surface area contributed by atoms with Crippen LogP contribution in [0.1, 0.15) is 19.8 Å². The van der Waals surface area contributed by atoms with E-state index in [9.17, 15) is 13.2 Å². The molecule has 0 spiro atoms. The van der Waals surface area contributed by atoms with Gasteiger partial charge in [0.05, 0.1) is 12.2 Å². The second kappa shape index (κ2) is 5.99. The molecule has 0 aromatic rings. The van der Waals surface area contributed by atoms with Crippen molar-refractivity contribution in [1.82, 2.24) is 9.21 Å². The van der Waals surface area contributed by atoms with Crippen LogP contribution in [-0.2, 0) is 14.8 Å². The number of carboxylic acid groups (broad SMARTS) is 1. The molecule has 116 valence electrons. The Balaban J connectivity index is 1.77. The van der Waals surface area contributed by atoms with Crippen LogP contribution in [0, 0.1) is 17.8 Å². The molecule has 0 aromatic heterocycles. The zero-order chi connectivity index (χ0) is 14.9. The van der Waals surface area contributed by atoms with Gasteiger partial charge >= 0.3 is 5.97 Å². The summed E-state index contributed by atoms with van der Waals surface area (Å²) < 4.78 is 24.7. The zero-order valence-corrected chi connectivity index (χ0v) is 13.0. The number of piperidine rings is 1. The molecule has 0 bridgehead atoms. The van der Waals surface area contributed by atoms with Gasteiger partial charge in [0.2, 0.25) is 10.0 Å². The maximum absolute atomic E-state index is 11.6. The smallest absolute Gasteiger partial charge is 0.306 e. The van der Waals surface area contributed by atoms with Crippen LogP contribution in [0.5, 0.6) is 0 Å². The summed E-state index contributed by atoms with van der Waals surface area (Å²) in [5.41, 5.74) is 0. The monoisotopic (exact) mass is 304 g/mol. The molecule has 1 N–H and O–H groups in total. The van der Waals surface area contributed by atoms with E-state index in [0.717, 1.165) is 32.5 Å². The second-order valence-corrected chi connectivity index (χ2v) is 8.22. The van der Waals surface area contributed by atoms with Gasteiger partial charge in [0.25, 0.3) is 0 Å². The molecule has 2 saturated heterocycles. The van der Waals surface area contributed by atoms with E-state index in [1.165, 1.54) is 6.26 Å². The lowest BCUT2D eigenvalue weighted by Gasteiger charge is -2.44. The lowest BCUT2D eigenvalue weighted by atomic mass is 9.86. The van der Waals surface area contributed by atoms with Crippen molar-refractivity contribution in [3.8, 4) is 0 Å². The van der Waals surface area contributed by atoms with Crippen LogP contribution >= 0.6 is 0 Å². The van der Waals surface area contributed by atoms with Crippen molar-refractivity contribution in [2.75, 3.05) is 39.0 Å². The predicted octanol–water partition coefficient (Wildman–Crippen LogP) is 0.311. The summed E-state index contributed by atoms with van der Waals surface area (Å²) in [6.45, 7) is 5.53. The Hall–Kier alpha value is -0.660. The molecule has 2 aliphatic heterocycles. The Labute approximate surface area is 120 Å². The lowest BCUT2D eigenvalue weighted by Crippen LogP contribution is -2.54. The Bertz CT molecular complexity index is 459. The molecule has 0 amide bonds. The Morgan fingerprint density at radius 1 is 1.35 bits per heavy atom. The first kappa shape index (κ1) is 15.7. The molecule has 2 atom stereocenters. The molecule has 0 saturated carbocycles. The molecular formula is C13H24N2O4S. The fourth-order valence-corrected chi connectivity index (χ4v) is 4.06. The van der Waals surface area contributed by atoms with Gasteiger partial charge in [-0.3, -0.25) is 4.79 Å². The van der Waals surface area contributed by atoms with Crippen molar-refractivity contribution in [3.05, 3.63) is 0 Å². The maximum Gasteiger partial charge on any atom is 0.306 e. The zero-order valence-electron chi connectivity index (χ0n) is 12.2. The quantitative estimate of drug-likeness (QED) is 0.791. The van der Waals surface area contributed by atoms with E-state index < -0.39 is 16.0 Å². The third-order valence-electron chi connectivity index (χ3n) is 4.55. The number of carboxylic acids is 1. The Morgan fingerprint density at radius 2 is 2.00 bits per heavy atom. The number of aliphatic carboxylic acids is 1. The van der Waals surface area contributed by atoms with Gasteiger partial charge in [-0.15, -0.1) is 0 Å². The molecule has 0 aromatic carbocycles. The van der Waals surface area contributed by atoms with Gasteiger partial charge in [-0.25, -0.2) is 12.7 Å². The maximum atomic E-state index is 11.6. The van der Waals surface area contributed by atoms with E-state index in [4.69, 9.17) is 5.11 Å². The average molecular weight is 304 g/mol. The van der Waals surface area contributed by atoms with E-state index in [2.05, 4.69) is 4.90 Å². The standard InChI is InChI=1S/C13H24N2O4S/c1-10(13(16)17)12-8-14(9-12)6-11-4-3-5-15(7-11)20(2,18)19/h10-12H,3-9H2,1-2H3,(H,16,17). The lowest BCUT2D eigenvalue weighted by molar-refractivity contribution is -0.145. The molecule has 2 heterocycles. The highest BCUT2D eigenvalue weighted by Crippen LogP contribution is 2.27. The third-order valence-corrected chi connectivity index (χ3v) is 5.82. The number of hydrogen-bond acceptors (Lipinski definition) is 4. The molecule has 7 heteroatoms. The largest absolute Gasteiger partial charge is 0.481 e. The minimum Gasteiger partial charge on any atom is -0.481 e. The van der Waals surface area contributed by atoms with E-state index in [-0.39, 0.29) is 11.8 Å². The molecule has 2 fully saturated rings. The summed E-state index contributed by atoms with van der Waals surface area (Å²) in [4.78, 5) is 13.1. The molecule has 6 nitrogen and oxygen atoms in total. The first-order chi connectivity index (χ1) is 9.27. The van der Waals surface area contributed by atoms with Crippen LogP contribution < -0.4 is 0 Å². The second-order valence-electron chi connectivity index (χ2n) is 6.23. The Kier molecular flexibility index (Phi) is 4.71. The highest BCUT2D eigenvalue weighted by Gasteiger charge is 2.36. The van der Waals surface area contributed by atoms with Crippen molar-refractivity contribution in [3.63, 3.8) is 0 Å². The van der Waals surface area contributed by atoms with Crippen molar-refractivity contribution < 1.29 is 18.3 Å². The topological polar surface area (TPSA) is 77.9 Å². The summed E-state index contributed by atoms with van der Waals surface area (Å²) in [6, 6.07) is 0. The van der Waals surface area contributed by atoms with Crippen LogP contribution in [0.25, 0.3) is 0 Å². The molecular weight excluding hydrogens is 280 g/mol. The van der Waals surface area contributed by atoms with Crippen LogP contribution in [0.15, 0.2) is 0 Å². The molecule has 2 rings (SSSR count). The van der Waals surface area contributed by atoms with E-state index >= 15 is 0 Å². The van der Waals surface area contributed by atoms with E-state index in [1.807, 2.05) is 0 Å². The minimum absolute atomic E-state index is 0.238. The summed E-state index contributed by atoms with van der Waals surface area (Å²) in [6.07, 6.45) is 3.24. The van der Waals surface area contributed by atoms with Gasteiger partial charge in [0.15, 0.2) is 0 Å². The Morgan fingerprint density at radius 3 is 2.55 bits per heavy atom. The SMILES string of the molecule is CC(C(=O)O)C1CN(CC2CCCN(S(C)(=O)=O)C2)C1. The van der Waals surface area contributed by atoms with Gasteiger partial charge in [-0.05, 0) is 24.7 Å². The predicted molar refractivity (Wildman–Crippen MR) is 75.9 cm³/mol. The highest BCUT2D eigenvalue weighted by atomic mass is 32.2. The summed E-state index contributed by atoms with van der Waals surface area (Å²) in [7, 11) is -3.08. The van der Waals surface area contributed by atoms with Crippen LogP contribution in [0.4, 0.5) is 0 Å². The summed E-state index contributed by atoms with van der Waals surface area (Å²) >= 11 is 0. The van der Waals surface area contributed by atoms with Crippen LogP contribution in [-0.4, -0.2) is 67.7 Å². The molecule has 2 aliphatic rings. The van der Waals surface area contributed by atoms with Crippen molar-refractivity contribution >= 4 is 16.0 Å². The van der Waals surface area contributed by atoms with E-state index in [1.54, 1.807) is 11.2 Å². The minimum atomic E-state index is -3.08. The molecule has 0 aliphatic carbocycles. The first-order valence-electron chi connectivity index (χ1n) is 7.17. The molecule has 0 radical (unpaired) electrons. The van der Waals surface area contributed by atoms with Crippen molar-refractivity contribution in [1.29, 1.82) is 0 Å². The van der Waals surface area contributed by atoms with Crippen LogP contribution in [0.2, 0.25) is 0 Å². The number of likely N-dealkylation sites (tertiary alicyclic amines) is 1. The molecule has 20 heavy (non-hydrogen) atoms. The number of nitrogens with zero attached hydrogens (tertiary/aromatic N) is 2. The average Bonchev–Trinajstić information content (AvgIpc) is 2.31. The summed E-state index contributed by atoms with van der Waals surface area (Å²) in [5.74, 6) is -0.401. The number of rotatable bonds is 5. The van der Waals surface area contributed by atoms with Gasteiger partial charge in [-0.2, -0.15) is 0 Å². The van der Waals surface area contributed by atoms with Gasteiger partial charge in [0.1, 0.15) is 0 Å². The van der Waals surface area contributed by atoms with Gasteiger partial charge in [-0.1, -0.05) is 6.92 Å². The van der Waals surface area contributed by atoms with Crippen molar-refractivity contribution in [2.24, 2.45) is 17.8 Å². The van der Waals surface area contributed by atoms with Crippen LogP contribution in [0.3, 0.4) is 0 Å². The number of sulfonamides is 1. The summed E-state index contributed by atoms with van der Waals surface area (Å²) in [5, 5.41) is 8.96. The van der Waals surface area contributed by atoms with E-state index in [0.29, 0.717) is 19.0 Å². The van der Waals surface area contributed by atoms with Gasteiger partial charge in [0, 0.05) is 32.7 Å². The van der Waals surface area contributed by atoms with Gasteiger partial charge < -0.3 is 10.0 Å². The highest BCUT2D eigenvalue weighted by molar-refractivity contribution is 7.88. The van der Waals surface area contributed by atoms with Crippen molar-refractivity contribution in [2.45, 2.75) is 19.8 Å².